The van der Waals surface area contributed by atoms with Gasteiger partial charge in [0.05, 0.1) is 37.4 Å². The second kappa shape index (κ2) is 9.54. The Bertz CT molecular complexity index is 1180. The molecule has 0 aliphatic carbocycles. The number of aryl methyl sites for hydroxylation is 2. The van der Waals surface area contributed by atoms with Gasteiger partial charge in [0.25, 0.3) is 0 Å². The van der Waals surface area contributed by atoms with Gasteiger partial charge in [0, 0.05) is 31.9 Å². The minimum Gasteiger partial charge on any atom is -0.496 e. The Labute approximate surface area is 193 Å². The van der Waals surface area contributed by atoms with Crippen LogP contribution in [0.25, 0.3) is 10.9 Å². The van der Waals surface area contributed by atoms with Crippen LogP contribution in [0, 0.1) is 13.8 Å². The van der Waals surface area contributed by atoms with Gasteiger partial charge in [-0.15, -0.1) is 0 Å². The minimum absolute atomic E-state index is 0.188. The van der Waals surface area contributed by atoms with Crippen molar-refractivity contribution >= 4 is 34.2 Å². The lowest BCUT2D eigenvalue weighted by Gasteiger charge is -2.36. The van der Waals surface area contributed by atoms with Crippen LogP contribution < -0.4 is 15.0 Å². The molecule has 2 heterocycles. The third-order valence-corrected chi connectivity index (χ3v) is 6.09. The van der Waals surface area contributed by atoms with Crippen LogP contribution in [0.5, 0.6) is 5.75 Å². The molecule has 4 rings (SSSR count). The molecule has 1 saturated heterocycles. The molecule has 8 heteroatoms. The molecule has 1 aliphatic heterocycles. The lowest BCUT2D eigenvalue weighted by molar-refractivity contribution is -0.117. The van der Waals surface area contributed by atoms with Crippen molar-refractivity contribution in [2.24, 2.45) is 0 Å². The van der Waals surface area contributed by atoms with E-state index in [0.29, 0.717) is 22.3 Å². The number of nitrogens with one attached hydrogen (secondary N) is 2. The van der Waals surface area contributed by atoms with Gasteiger partial charge in [0.2, 0.25) is 5.91 Å². The molecule has 3 aromatic rings. The molecule has 0 atom stereocenters. The van der Waals surface area contributed by atoms with Gasteiger partial charge in [0.15, 0.2) is 0 Å². The molecule has 0 spiro atoms. The van der Waals surface area contributed by atoms with E-state index in [1.807, 2.05) is 12.1 Å². The maximum absolute atomic E-state index is 13.0. The largest absolute Gasteiger partial charge is 0.496 e. The summed E-state index contributed by atoms with van der Waals surface area (Å²) in [5.74, 6) is -0.172. The summed E-state index contributed by atoms with van der Waals surface area (Å²) in [5, 5.41) is 3.57. The Morgan fingerprint density at radius 2 is 1.82 bits per heavy atom. The Kier molecular flexibility index (Phi) is 6.55. The second-order valence-electron chi connectivity index (χ2n) is 8.35. The van der Waals surface area contributed by atoms with Crippen molar-refractivity contribution in [3.63, 3.8) is 0 Å². The predicted octanol–water partition coefficient (Wildman–Crippen LogP) is 3.34. The van der Waals surface area contributed by atoms with Crippen LogP contribution in [0.3, 0.4) is 0 Å². The van der Waals surface area contributed by atoms with E-state index in [9.17, 15) is 9.59 Å². The van der Waals surface area contributed by atoms with Crippen LogP contribution >= 0.6 is 0 Å². The van der Waals surface area contributed by atoms with Crippen molar-refractivity contribution in [3.8, 4) is 5.75 Å². The molecule has 1 fully saturated rings. The molecule has 0 radical (unpaired) electrons. The average molecular weight is 451 g/mol. The standard InChI is InChI=1S/C25H30N4O4/c1-16-8-9-19(17(2)14-16)29-12-10-28(11-13-29)15-21(30)27-23-22-18(6-5-7-20(22)32-3)26-24(23)25(31)33-4/h5-9,14,26H,10-13,15H2,1-4H3,(H,27,30). The monoisotopic (exact) mass is 450 g/mol. The molecule has 8 nitrogen and oxygen atoms in total. The maximum Gasteiger partial charge on any atom is 0.356 e. The van der Waals surface area contributed by atoms with Crippen LogP contribution in [-0.4, -0.2) is 68.7 Å². The highest BCUT2D eigenvalue weighted by molar-refractivity contribution is 6.13. The van der Waals surface area contributed by atoms with Crippen molar-refractivity contribution in [2.45, 2.75) is 13.8 Å². The lowest BCUT2D eigenvalue weighted by atomic mass is 10.1. The first-order valence-corrected chi connectivity index (χ1v) is 11.0. The quantitative estimate of drug-likeness (QED) is 0.560. The molecule has 174 valence electrons. The van der Waals surface area contributed by atoms with Crippen LogP contribution in [0.4, 0.5) is 11.4 Å². The molecule has 0 unspecified atom stereocenters. The lowest BCUT2D eigenvalue weighted by Crippen LogP contribution is -2.48. The van der Waals surface area contributed by atoms with Crippen LogP contribution in [0.1, 0.15) is 21.6 Å². The summed E-state index contributed by atoms with van der Waals surface area (Å²) in [6.07, 6.45) is 0. The van der Waals surface area contributed by atoms with E-state index in [1.165, 1.54) is 23.9 Å². The van der Waals surface area contributed by atoms with Crippen molar-refractivity contribution in [2.75, 3.05) is 57.2 Å². The van der Waals surface area contributed by atoms with E-state index in [0.717, 1.165) is 26.2 Å². The number of H-pyrrole nitrogens is 1. The Hall–Kier alpha value is -3.52. The number of hydrogen-bond acceptors (Lipinski definition) is 6. The third kappa shape index (κ3) is 4.66. The predicted molar refractivity (Wildman–Crippen MR) is 129 cm³/mol. The molecule has 0 bridgehead atoms. The Balaban J connectivity index is 1.46. The number of anilines is 2. The third-order valence-electron chi connectivity index (χ3n) is 6.09. The maximum atomic E-state index is 13.0. The Morgan fingerprint density at radius 1 is 1.06 bits per heavy atom. The van der Waals surface area contributed by atoms with Gasteiger partial charge in [-0.05, 0) is 37.6 Å². The number of carbonyl (C=O) groups excluding carboxylic acids is 2. The molecular weight excluding hydrogens is 420 g/mol. The fourth-order valence-corrected chi connectivity index (χ4v) is 4.45. The van der Waals surface area contributed by atoms with E-state index < -0.39 is 5.97 Å². The van der Waals surface area contributed by atoms with Crippen molar-refractivity contribution < 1.29 is 19.1 Å². The highest BCUT2D eigenvalue weighted by atomic mass is 16.5. The van der Waals surface area contributed by atoms with Gasteiger partial charge in [-0.25, -0.2) is 4.79 Å². The van der Waals surface area contributed by atoms with E-state index >= 15 is 0 Å². The number of nitrogens with zero attached hydrogens (tertiary/aromatic N) is 2. The van der Waals surface area contributed by atoms with E-state index in [2.05, 4.69) is 52.1 Å². The van der Waals surface area contributed by atoms with Crippen LogP contribution in [0.15, 0.2) is 36.4 Å². The first kappa shape index (κ1) is 22.7. The summed E-state index contributed by atoms with van der Waals surface area (Å²) in [6.45, 7) is 7.74. The molecular formula is C25H30N4O4. The molecule has 2 aromatic carbocycles. The zero-order valence-electron chi connectivity index (χ0n) is 19.5. The molecule has 2 N–H and O–H groups in total. The Morgan fingerprint density at radius 3 is 2.48 bits per heavy atom. The number of piperazine rings is 1. The number of benzene rings is 2. The van der Waals surface area contributed by atoms with Gasteiger partial charge < -0.3 is 24.7 Å². The minimum atomic E-state index is -0.550. The molecule has 33 heavy (non-hydrogen) atoms. The number of ether oxygens (including phenoxy) is 2. The van der Waals surface area contributed by atoms with Gasteiger partial charge in [-0.1, -0.05) is 23.8 Å². The number of methoxy groups -OCH3 is 2. The summed E-state index contributed by atoms with van der Waals surface area (Å²) in [5.41, 5.74) is 5.04. The highest BCUT2D eigenvalue weighted by Gasteiger charge is 2.25. The van der Waals surface area contributed by atoms with E-state index in [-0.39, 0.29) is 18.1 Å². The van der Waals surface area contributed by atoms with E-state index in [1.54, 1.807) is 13.2 Å². The number of fused-ring (bicyclic) bond motifs is 1. The highest BCUT2D eigenvalue weighted by Crippen LogP contribution is 2.35. The number of aromatic nitrogens is 1. The van der Waals surface area contributed by atoms with Gasteiger partial charge in [-0.2, -0.15) is 0 Å². The molecule has 1 aromatic heterocycles. The summed E-state index contributed by atoms with van der Waals surface area (Å²) in [6, 6.07) is 11.9. The van der Waals surface area contributed by atoms with Crippen molar-refractivity contribution in [1.29, 1.82) is 0 Å². The van der Waals surface area contributed by atoms with Gasteiger partial charge in [0.1, 0.15) is 11.4 Å². The fourth-order valence-electron chi connectivity index (χ4n) is 4.45. The summed E-state index contributed by atoms with van der Waals surface area (Å²) in [4.78, 5) is 32.8. The normalized spacial score (nSPS) is 14.4. The summed E-state index contributed by atoms with van der Waals surface area (Å²) in [7, 11) is 2.87. The zero-order valence-corrected chi connectivity index (χ0v) is 19.5. The zero-order chi connectivity index (χ0) is 23.5. The number of carbonyl (C=O) groups is 2. The van der Waals surface area contributed by atoms with Crippen molar-refractivity contribution in [1.82, 2.24) is 9.88 Å². The first-order valence-electron chi connectivity index (χ1n) is 11.0. The van der Waals surface area contributed by atoms with E-state index in [4.69, 9.17) is 9.47 Å². The van der Waals surface area contributed by atoms with Crippen molar-refractivity contribution in [3.05, 3.63) is 53.2 Å². The molecule has 0 saturated carbocycles. The smallest absolute Gasteiger partial charge is 0.356 e. The number of amides is 1. The molecule has 1 aliphatic rings. The summed E-state index contributed by atoms with van der Waals surface area (Å²) < 4.78 is 10.4. The average Bonchev–Trinajstić information content (AvgIpc) is 3.17. The number of aromatic amines is 1. The fraction of sp³-hybridized carbons (Fsp3) is 0.360. The summed E-state index contributed by atoms with van der Waals surface area (Å²) >= 11 is 0. The van der Waals surface area contributed by atoms with Crippen LogP contribution in [-0.2, 0) is 9.53 Å². The SMILES string of the molecule is COC(=O)c1[nH]c2cccc(OC)c2c1NC(=O)CN1CCN(c2ccc(C)cc2C)CC1. The number of hydrogen-bond donors (Lipinski definition) is 2. The second-order valence-corrected chi connectivity index (χ2v) is 8.35. The van der Waals surface area contributed by atoms with Crippen LogP contribution in [0.2, 0.25) is 0 Å². The van der Waals surface area contributed by atoms with Gasteiger partial charge >= 0.3 is 5.97 Å². The van der Waals surface area contributed by atoms with Gasteiger partial charge in [-0.3, -0.25) is 9.69 Å². The molecule has 1 amide bonds. The number of rotatable bonds is 6. The topological polar surface area (TPSA) is 86.9 Å². The first-order chi connectivity index (χ1) is 15.9. The number of esters is 1.